The molecule has 13 aromatic rings. The molecule has 3 aromatic heterocycles. The van der Waals surface area contributed by atoms with Gasteiger partial charge in [0, 0.05) is 73.8 Å². The van der Waals surface area contributed by atoms with Gasteiger partial charge in [0.15, 0.2) is 0 Å². The van der Waals surface area contributed by atoms with Gasteiger partial charge in [0.1, 0.15) is 11.6 Å². The first kappa shape index (κ1) is 85.8. The van der Waals surface area contributed by atoms with Gasteiger partial charge in [-0.1, -0.05) is 243 Å². The molecule has 110 heavy (non-hydrogen) atoms. The van der Waals surface area contributed by atoms with E-state index < -0.39 is 0 Å². The van der Waals surface area contributed by atoms with Crippen molar-refractivity contribution in [2.24, 2.45) is 7.05 Å². The summed E-state index contributed by atoms with van der Waals surface area (Å²) in [6.45, 7) is 33.3. The fraction of sp³-hybridized carbons (Fsp3) is 0.330. The molecule has 3 radical (unpaired) electrons. The average Bonchev–Trinajstić information content (AvgIpc) is 0.789. The van der Waals surface area contributed by atoms with Gasteiger partial charge in [0.25, 0.3) is 0 Å². The number of unbranched alkanes of at least 4 members (excludes halogenated alkanes) is 6. The van der Waals surface area contributed by atoms with Crippen molar-refractivity contribution in [3.8, 4) is 95.4 Å². The summed E-state index contributed by atoms with van der Waals surface area (Å²) >= 11 is 0. The molecule has 0 aliphatic heterocycles. The van der Waals surface area contributed by atoms with Crippen LogP contribution < -0.4 is 0 Å². The van der Waals surface area contributed by atoms with Gasteiger partial charge in [0.2, 0.25) is 0 Å². The molecule has 0 bridgehead atoms. The Bertz CT molecular complexity index is 5080. The van der Waals surface area contributed by atoms with Gasteiger partial charge < -0.3 is 0 Å². The van der Waals surface area contributed by atoms with Crippen molar-refractivity contribution in [3.63, 3.8) is 0 Å². The fourth-order valence-corrected chi connectivity index (χ4v) is 14.7. The minimum Gasteiger partial charge on any atom is -0.296 e. The third kappa shape index (κ3) is 21.3. The van der Waals surface area contributed by atoms with E-state index in [4.69, 9.17) is 20.1 Å². The van der Waals surface area contributed by atoms with Crippen molar-refractivity contribution < 1.29 is 60.3 Å². The number of fused-ring (bicyclic) bond motifs is 4. The normalized spacial score (nSPS) is 11.8. The molecular weight excluding hydrogens is 1880 g/mol. The van der Waals surface area contributed by atoms with Crippen molar-refractivity contribution in [3.05, 3.63) is 286 Å². The van der Waals surface area contributed by atoms with Gasteiger partial charge in [-0.05, 0) is 213 Å². The Morgan fingerprint density at radius 2 is 0.845 bits per heavy atom. The van der Waals surface area contributed by atoms with Crippen LogP contribution >= 0.6 is 0 Å². The summed E-state index contributed by atoms with van der Waals surface area (Å²) in [4.78, 5) is 14.6. The Balaban J connectivity index is 0.000000196. The Morgan fingerprint density at radius 1 is 0.382 bits per heavy atom. The Kier molecular flexibility index (Phi) is 29.9. The number of benzene rings is 10. The number of nitrogens with zero attached hydrogens (tertiary/aromatic N) is 7. The van der Waals surface area contributed by atoms with E-state index in [0.29, 0.717) is 0 Å². The number of pyridine rings is 1. The smallest absolute Gasteiger partial charge is 0.140 e. The molecule has 1 aliphatic carbocycles. The van der Waals surface area contributed by atoms with E-state index >= 15 is 0 Å². The monoisotopic (exact) mass is 1990 g/mol. The SMILES string of the molecule is CC(C)(C)c1ccc2nc3c(cc2c1)CCc1ccc[c-]c1-3.CCCCCCc1ccc(-c2cc[c-]c(-c3nc(C)nn3-c3c(C)cc(-c4ccc(CCCCCC)cc4)cc3C)c2)cc1.CCCc1nc(-c2[c-]ccc(-c3cc(-c4ccc(C(C)(C)C)cc4)cc(-c4ccc(C(C)(C)C)cc4)c3)c2)n(C)n1.[Ir].[Ir].[Ir]. The molecular formula is C100H110Ir3N7-3. The van der Waals surface area contributed by atoms with Gasteiger partial charge >= 0.3 is 0 Å². The van der Waals surface area contributed by atoms with Crippen LogP contribution in [0.4, 0.5) is 0 Å². The zero-order valence-corrected chi connectivity index (χ0v) is 74.8. The van der Waals surface area contributed by atoms with Gasteiger partial charge in [-0.25, -0.2) is 0 Å². The van der Waals surface area contributed by atoms with Crippen LogP contribution in [0, 0.1) is 39.0 Å². The third-order valence-electron chi connectivity index (χ3n) is 21.0. The number of rotatable bonds is 20. The van der Waals surface area contributed by atoms with Crippen molar-refractivity contribution in [1.82, 2.24) is 34.5 Å². The first-order chi connectivity index (χ1) is 51.4. The Hall–Kier alpha value is -8.16. The van der Waals surface area contributed by atoms with Crippen LogP contribution in [0.5, 0.6) is 0 Å². The maximum atomic E-state index is 4.95. The molecule has 0 saturated carbocycles. The van der Waals surface area contributed by atoms with E-state index in [0.717, 1.165) is 95.4 Å². The molecule has 1 aliphatic rings. The van der Waals surface area contributed by atoms with E-state index in [1.165, 1.54) is 162 Å². The Morgan fingerprint density at radius 3 is 1.35 bits per heavy atom. The van der Waals surface area contributed by atoms with Gasteiger partial charge in [-0.2, -0.15) is 10.2 Å². The summed E-state index contributed by atoms with van der Waals surface area (Å²) < 4.78 is 3.88. The molecule has 575 valence electrons. The average molecular weight is 1990 g/mol. The van der Waals surface area contributed by atoms with E-state index in [2.05, 4.69) is 308 Å². The number of hydrogen-bond acceptors (Lipinski definition) is 5. The summed E-state index contributed by atoms with van der Waals surface area (Å²) in [6.07, 6.45) is 16.7. The topological polar surface area (TPSA) is 74.3 Å². The molecule has 0 unspecified atom stereocenters. The minimum absolute atomic E-state index is 0. The number of aryl methyl sites for hydroxylation is 9. The zero-order chi connectivity index (χ0) is 75.6. The van der Waals surface area contributed by atoms with Gasteiger partial charge in [-0.15, -0.1) is 106 Å². The first-order valence-corrected chi connectivity index (χ1v) is 39.4. The second kappa shape index (κ2) is 38.4. The summed E-state index contributed by atoms with van der Waals surface area (Å²) in [5.41, 5.74) is 30.8. The molecule has 14 rings (SSSR count). The second-order valence-corrected chi connectivity index (χ2v) is 32.8. The van der Waals surface area contributed by atoms with Gasteiger partial charge in [0.05, 0.1) is 22.9 Å². The van der Waals surface area contributed by atoms with Crippen LogP contribution in [0.25, 0.3) is 106 Å². The van der Waals surface area contributed by atoms with E-state index in [9.17, 15) is 0 Å². The van der Waals surface area contributed by atoms with Crippen LogP contribution in [0.15, 0.2) is 206 Å². The minimum atomic E-state index is 0. The quantitative estimate of drug-likeness (QED) is 0.0561. The fourth-order valence-electron chi connectivity index (χ4n) is 14.7. The van der Waals surface area contributed by atoms with E-state index in [1.807, 2.05) is 41.5 Å². The summed E-state index contributed by atoms with van der Waals surface area (Å²) in [6, 6.07) is 85.9. The molecule has 0 fully saturated rings. The molecule has 10 aromatic carbocycles. The molecule has 0 saturated heterocycles. The molecule has 0 spiro atoms. The Labute approximate surface area is 698 Å². The second-order valence-electron chi connectivity index (χ2n) is 32.8. The standard InChI is InChI=1S/C41H48N3.C38H42N3.C21H20N.3Ir/c1-6-8-10-12-15-33-19-23-35(24-20-33)37-17-14-18-38(29-37)41-42-32(5)43-44(41)40-30(3)27-39(28-31(40)4)36-25-21-34(22-26-36)16-13-11-9-7-2;1-9-11-35-39-36(41(8)40-35)29-13-10-12-28(22-29)32-24-30(26-14-18-33(19-15-26)37(2,3)4)23-31(25-32)27-16-20-34(21-17-27)38(5,6)7;1-21(2,3)17-10-11-19-16(13-17)12-15-9-8-14-6-4-5-7-18(14)20(15)22-19;;;/h14,17,19-29H,6-13,15-16H2,1-5H3;10,12,14-25H,9,11H2,1-8H3;4-6,10-13H,8-9H2,1-3H3;;;/q3*-1;;;. The number of aromatic nitrogens is 7. The summed E-state index contributed by atoms with van der Waals surface area (Å²) in [7, 11) is 1.96. The molecule has 3 heterocycles. The molecule has 7 nitrogen and oxygen atoms in total. The molecule has 0 amide bonds. The first-order valence-electron chi connectivity index (χ1n) is 39.4. The predicted octanol–water partition coefficient (Wildman–Crippen LogP) is 26.2. The van der Waals surface area contributed by atoms with Gasteiger partial charge in [-0.3, -0.25) is 24.3 Å². The summed E-state index contributed by atoms with van der Waals surface area (Å²) in [5, 5.41) is 10.8. The van der Waals surface area contributed by atoms with Crippen LogP contribution in [0.1, 0.15) is 203 Å². The maximum absolute atomic E-state index is 4.95. The molecule has 10 heteroatoms. The van der Waals surface area contributed by atoms with Crippen molar-refractivity contribution in [1.29, 1.82) is 0 Å². The molecule has 0 N–H and O–H groups in total. The van der Waals surface area contributed by atoms with Crippen molar-refractivity contribution in [2.45, 2.75) is 210 Å². The molecule has 0 atom stereocenters. The predicted molar refractivity (Wildman–Crippen MR) is 452 cm³/mol. The van der Waals surface area contributed by atoms with Crippen LogP contribution in [0.3, 0.4) is 0 Å². The summed E-state index contributed by atoms with van der Waals surface area (Å²) in [5.74, 6) is 3.31. The maximum Gasteiger partial charge on any atom is 0.140 e. The van der Waals surface area contributed by atoms with E-state index in [1.54, 1.807) is 0 Å². The van der Waals surface area contributed by atoms with Crippen molar-refractivity contribution >= 4 is 10.9 Å². The largest absolute Gasteiger partial charge is 0.296 e. The van der Waals surface area contributed by atoms with E-state index in [-0.39, 0.29) is 76.6 Å². The van der Waals surface area contributed by atoms with Crippen LogP contribution in [0.2, 0.25) is 0 Å². The van der Waals surface area contributed by atoms with Crippen LogP contribution in [-0.2, 0) is 116 Å². The zero-order valence-electron chi connectivity index (χ0n) is 67.7. The third-order valence-corrected chi connectivity index (χ3v) is 21.0. The van der Waals surface area contributed by atoms with Crippen LogP contribution in [-0.4, -0.2) is 34.5 Å². The van der Waals surface area contributed by atoms with Crippen molar-refractivity contribution in [2.75, 3.05) is 0 Å². The number of hydrogen-bond donors (Lipinski definition) is 0.